The third kappa shape index (κ3) is 9.22. The van der Waals surface area contributed by atoms with Crippen LogP contribution in [0.4, 0.5) is 27.3 Å². The Kier molecular flexibility index (Phi) is 13.2. The third-order valence-corrected chi connectivity index (χ3v) is 17.9. The Morgan fingerprint density at radius 2 is 1.59 bits per heavy atom. The van der Waals surface area contributed by atoms with Crippen LogP contribution in [0.3, 0.4) is 0 Å². The zero-order valence-corrected chi connectivity index (χ0v) is 43.1. The van der Waals surface area contributed by atoms with E-state index in [1.165, 1.54) is 25.3 Å². The van der Waals surface area contributed by atoms with Gasteiger partial charge in [0.2, 0.25) is 29.5 Å². The molecule has 5 aliphatic heterocycles. The maximum atomic E-state index is 15.3. The van der Waals surface area contributed by atoms with Gasteiger partial charge >= 0.3 is 0 Å². The second-order valence-corrected chi connectivity index (χ2v) is 22.7. The Hall–Kier alpha value is -6.75. The molecule has 2 atom stereocenters. The number of hydrogen-bond donors (Lipinski definition) is 3. The summed E-state index contributed by atoms with van der Waals surface area (Å²) in [7, 11) is 0. The number of amides is 5. The van der Waals surface area contributed by atoms with Crippen LogP contribution in [0.15, 0.2) is 73.3 Å². The van der Waals surface area contributed by atoms with E-state index in [4.69, 9.17) is 9.97 Å². The average molecular weight is 1020 g/mol. The van der Waals surface area contributed by atoms with Gasteiger partial charge in [-0.1, -0.05) is 30.7 Å². The zero-order valence-electron chi connectivity index (χ0n) is 43.1. The summed E-state index contributed by atoms with van der Waals surface area (Å²) in [6.45, 7) is 8.30. The van der Waals surface area contributed by atoms with Crippen LogP contribution in [0, 0.1) is 17.7 Å². The Balaban J connectivity index is 0.721. The van der Waals surface area contributed by atoms with E-state index in [0.717, 1.165) is 90.7 Å². The van der Waals surface area contributed by atoms with Crippen molar-refractivity contribution in [2.24, 2.45) is 11.8 Å². The Morgan fingerprint density at radius 1 is 0.813 bits per heavy atom. The maximum absolute atomic E-state index is 15.3. The highest BCUT2D eigenvalue weighted by Gasteiger charge is 2.56. The van der Waals surface area contributed by atoms with Crippen molar-refractivity contribution in [2.75, 3.05) is 54.8 Å². The third-order valence-electron chi connectivity index (χ3n) is 17.9. The van der Waals surface area contributed by atoms with E-state index in [-0.39, 0.29) is 65.3 Å². The lowest BCUT2D eigenvalue weighted by atomic mass is 9.73. The van der Waals surface area contributed by atoms with Crippen molar-refractivity contribution < 1.29 is 28.4 Å². The topological polar surface area (TPSA) is 178 Å². The first kappa shape index (κ1) is 49.1. The first-order chi connectivity index (χ1) is 36.4. The summed E-state index contributed by atoms with van der Waals surface area (Å²) in [5, 5.41) is 9.29. The minimum atomic E-state index is -0.760. The summed E-state index contributed by atoms with van der Waals surface area (Å²) >= 11 is 0. The molecule has 0 bridgehead atoms. The van der Waals surface area contributed by atoms with Gasteiger partial charge in [0.1, 0.15) is 11.3 Å². The van der Waals surface area contributed by atoms with Gasteiger partial charge in [-0.25, -0.2) is 14.4 Å². The van der Waals surface area contributed by atoms with Crippen LogP contribution in [0.5, 0.6) is 0 Å². The molecule has 2 aliphatic carbocycles. The first-order valence-electron chi connectivity index (χ1n) is 27.7. The number of fused-ring (bicyclic) bond motifs is 3. The van der Waals surface area contributed by atoms with Crippen LogP contribution in [-0.2, 0) is 29.4 Å². The second-order valence-electron chi connectivity index (χ2n) is 22.7. The fourth-order valence-corrected chi connectivity index (χ4v) is 13.6. The van der Waals surface area contributed by atoms with Gasteiger partial charge in [-0.05, 0) is 145 Å². The van der Waals surface area contributed by atoms with Crippen molar-refractivity contribution >= 4 is 63.4 Å². The molecule has 16 nitrogen and oxygen atoms in total. The van der Waals surface area contributed by atoms with Gasteiger partial charge in [0.15, 0.2) is 5.82 Å². The molecule has 75 heavy (non-hydrogen) atoms. The predicted molar refractivity (Wildman–Crippen MR) is 284 cm³/mol. The monoisotopic (exact) mass is 1020 g/mol. The van der Waals surface area contributed by atoms with E-state index >= 15 is 9.18 Å². The molecule has 3 aromatic heterocycles. The standard InChI is InChI=1S/C58H68FN11O5/c1-35(2)69-34-61-49-30-48(64-53(52(49)69)63-47-9-5-4-8-46(47)59)37-12-16-45-50(27-37)70(43-28-42(29-43)66-21-6-3-7-22-66)57(75)58(45)19-24-67(25-20-58)56(74)38-18-23-68(33-38)55(73)36-10-13-40(14-11-36)62-41-26-39(31-60-32-41)44-15-17-51(71)65-54(44)72/h4-5,8-9,12,16,26-27,30-32,34-36,38,40,42-44,62H,3,6-7,10-11,13-15,17-25,28-29,33H2,1-2H3,(H,63,64)(H,65,71,72)/t36-,38-,40-,42-,43+,44?/m1/s1. The predicted octanol–water partition coefficient (Wildman–Crippen LogP) is 8.22. The molecule has 0 radical (unpaired) electrons. The molecule has 2 aromatic carbocycles. The minimum Gasteiger partial charge on any atom is -0.381 e. The molecule has 4 saturated heterocycles. The molecule has 3 N–H and O–H groups in total. The molecule has 8 heterocycles. The number of carbonyl (C=O) groups is 5. The van der Waals surface area contributed by atoms with Crippen molar-refractivity contribution in [2.45, 2.75) is 139 Å². The van der Waals surface area contributed by atoms with Gasteiger partial charge in [-0.15, -0.1) is 0 Å². The number of aromatic nitrogens is 4. The van der Waals surface area contributed by atoms with Crippen LogP contribution in [-0.4, -0.2) is 121 Å². The molecule has 5 amide bonds. The summed E-state index contributed by atoms with van der Waals surface area (Å²) in [5.41, 5.74) is 6.14. The lowest BCUT2D eigenvalue weighted by Gasteiger charge is -2.48. The van der Waals surface area contributed by atoms with Crippen LogP contribution >= 0.6 is 0 Å². The summed E-state index contributed by atoms with van der Waals surface area (Å²) in [5.74, 6) is -0.842. The normalized spacial score (nSPS) is 25.9. The number of benzene rings is 2. The van der Waals surface area contributed by atoms with E-state index in [1.54, 1.807) is 36.9 Å². The molecule has 1 unspecified atom stereocenters. The van der Waals surface area contributed by atoms with Gasteiger partial charge in [0.25, 0.3) is 0 Å². The number of likely N-dealkylation sites (tertiary alicyclic amines) is 3. The Bertz CT molecular complexity index is 3040. The molecule has 1 spiro atoms. The van der Waals surface area contributed by atoms with Crippen LogP contribution in [0.1, 0.15) is 127 Å². The summed E-state index contributed by atoms with van der Waals surface area (Å²) in [4.78, 5) is 90.7. The molecule has 392 valence electrons. The number of piperidine rings is 3. The fraction of sp³-hybridized carbons (Fsp3) is 0.517. The number of nitrogens with zero attached hydrogens (tertiary/aromatic N) is 8. The van der Waals surface area contributed by atoms with E-state index in [1.807, 2.05) is 26.5 Å². The van der Waals surface area contributed by atoms with Crippen LogP contribution < -0.4 is 20.9 Å². The van der Waals surface area contributed by atoms with Gasteiger partial charge in [0.05, 0.1) is 46.2 Å². The number of imidazole rings is 1. The van der Waals surface area contributed by atoms with E-state index in [9.17, 15) is 19.2 Å². The number of pyridine rings is 2. The van der Waals surface area contributed by atoms with Crippen molar-refractivity contribution in [3.8, 4) is 11.3 Å². The van der Waals surface area contributed by atoms with Gasteiger partial charge in [0, 0.05) is 86.3 Å². The SMILES string of the molecule is CC(C)n1cnc2cc(-c3ccc4c(c3)N([C@H]3C[C@@H](N5CCCCC5)C3)C(=O)C43CCN(C(=O)[C@@H]4CCN(C(=O)[C@H]5CC[C@H](Nc6cncc(C7CCC(=O)NC7=O)c6)CC5)C4)CC3)nc(Nc3ccccc3F)c21. The number of hydrogen-bond acceptors (Lipinski definition) is 11. The second kappa shape index (κ2) is 20.1. The summed E-state index contributed by atoms with van der Waals surface area (Å²) < 4.78 is 17.2. The van der Waals surface area contributed by atoms with Crippen LogP contribution in [0.2, 0.25) is 0 Å². The zero-order chi connectivity index (χ0) is 51.5. The lowest BCUT2D eigenvalue weighted by molar-refractivity contribution is -0.140. The highest BCUT2D eigenvalue weighted by molar-refractivity contribution is 6.09. The minimum absolute atomic E-state index is 0.0717. The number of rotatable bonds is 11. The number of halogens is 1. The largest absolute Gasteiger partial charge is 0.381 e. The quantitative estimate of drug-likeness (QED) is 0.109. The molecular formula is C58H68FN11O5. The van der Waals surface area contributed by atoms with Gasteiger partial charge in [-0.2, -0.15) is 0 Å². The van der Waals surface area contributed by atoms with Gasteiger partial charge < -0.3 is 34.8 Å². The molecule has 5 aromatic rings. The van der Waals surface area contributed by atoms with Crippen molar-refractivity contribution in [1.29, 1.82) is 0 Å². The highest BCUT2D eigenvalue weighted by atomic mass is 19.1. The van der Waals surface area contributed by atoms with E-state index in [2.05, 4.69) is 62.8 Å². The highest BCUT2D eigenvalue weighted by Crippen LogP contribution is 2.52. The molecule has 2 saturated carbocycles. The number of imide groups is 1. The number of carbonyl (C=O) groups excluding carboxylic acids is 5. The molecule has 6 fully saturated rings. The van der Waals surface area contributed by atoms with Gasteiger partial charge in [-0.3, -0.25) is 34.3 Å². The molecular weight excluding hydrogens is 950 g/mol. The van der Waals surface area contributed by atoms with Crippen molar-refractivity contribution in [3.05, 3.63) is 90.3 Å². The Labute approximate surface area is 437 Å². The average Bonchev–Trinajstić information content (AvgIpc) is 4.14. The number of anilines is 4. The van der Waals surface area contributed by atoms with Crippen molar-refractivity contribution in [3.63, 3.8) is 0 Å². The maximum Gasteiger partial charge on any atom is 0.238 e. The molecule has 7 aliphatic rings. The number of para-hydroxylation sites is 1. The summed E-state index contributed by atoms with van der Waals surface area (Å²) in [6.07, 6.45) is 16.4. The number of nitrogens with one attached hydrogen (secondary N) is 3. The lowest BCUT2D eigenvalue weighted by Crippen LogP contribution is -2.58. The molecule has 17 heteroatoms. The smallest absolute Gasteiger partial charge is 0.238 e. The van der Waals surface area contributed by atoms with E-state index < -0.39 is 11.3 Å². The Morgan fingerprint density at radius 3 is 2.35 bits per heavy atom. The van der Waals surface area contributed by atoms with E-state index in [0.29, 0.717) is 81.5 Å². The van der Waals surface area contributed by atoms with Crippen LogP contribution in [0.25, 0.3) is 22.3 Å². The summed E-state index contributed by atoms with van der Waals surface area (Å²) in [6, 6.07) is 17.6. The van der Waals surface area contributed by atoms with Crippen molar-refractivity contribution in [1.82, 2.24) is 39.5 Å². The fourth-order valence-electron chi connectivity index (χ4n) is 13.6. The molecule has 12 rings (SSSR count). The first-order valence-corrected chi connectivity index (χ1v) is 27.7.